The first-order chi connectivity index (χ1) is 13.1. The molecule has 1 aromatic carbocycles. The van der Waals surface area contributed by atoms with Gasteiger partial charge in [0.25, 0.3) is 5.91 Å². The number of likely N-dealkylation sites (tertiary alicyclic amines) is 1. The van der Waals surface area contributed by atoms with Crippen LogP contribution in [0.5, 0.6) is 0 Å². The summed E-state index contributed by atoms with van der Waals surface area (Å²) in [6.45, 7) is 2.96. The Morgan fingerprint density at radius 2 is 2.11 bits per heavy atom. The second-order valence-electron chi connectivity index (χ2n) is 7.06. The number of H-pyrrole nitrogens is 1. The van der Waals surface area contributed by atoms with E-state index in [0.29, 0.717) is 23.8 Å². The second-order valence-corrected chi connectivity index (χ2v) is 8.35. The van der Waals surface area contributed by atoms with Gasteiger partial charge in [0.1, 0.15) is 5.82 Å². The summed E-state index contributed by atoms with van der Waals surface area (Å²) in [6, 6.07) is 4.51. The smallest absolute Gasteiger partial charge is 0.274 e. The van der Waals surface area contributed by atoms with Crippen LogP contribution in [0.2, 0.25) is 5.02 Å². The van der Waals surface area contributed by atoms with Crippen molar-refractivity contribution < 1.29 is 9.18 Å². The lowest BCUT2D eigenvalue weighted by atomic mass is 9.89. The highest BCUT2D eigenvalue weighted by Crippen LogP contribution is 2.34. The summed E-state index contributed by atoms with van der Waals surface area (Å²) in [5, 5.41) is 7.97. The van der Waals surface area contributed by atoms with Crippen LogP contribution in [0, 0.1) is 5.82 Å². The number of hydrogen-bond acceptors (Lipinski definition) is 4. The fraction of sp³-hybridized carbons (Fsp3) is 0.474. The molecule has 8 heteroatoms. The molecule has 1 N–H and O–H groups in total. The van der Waals surface area contributed by atoms with Gasteiger partial charge in [-0.3, -0.25) is 9.89 Å². The Labute approximate surface area is 167 Å². The van der Waals surface area contributed by atoms with Gasteiger partial charge in [0.05, 0.1) is 0 Å². The number of benzene rings is 1. The van der Waals surface area contributed by atoms with Crippen LogP contribution in [-0.2, 0) is 13.0 Å². The van der Waals surface area contributed by atoms with Gasteiger partial charge < -0.3 is 4.90 Å². The van der Waals surface area contributed by atoms with Crippen molar-refractivity contribution in [3.8, 4) is 0 Å². The highest BCUT2D eigenvalue weighted by molar-refractivity contribution is 7.96. The first kappa shape index (κ1) is 18.8. The van der Waals surface area contributed by atoms with Crippen LogP contribution in [0.25, 0.3) is 0 Å². The van der Waals surface area contributed by atoms with E-state index in [-0.39, 0.29) is 17.6 Å². The summed E-state index contributed by atoms with van der Waals surface area (Å²) in [4.78, 5) is 14.9. The normalized spacial score (nSPS) is 18.6. The number of aromatic nitrogens is 2. The van der Waals surface area contributed by atoms with E-state index in [2.05, 4.69) is 20.8 Å². The number of halogens is 2. The van der Waals surface area contributed by atoms with E-state index in [9.17, 15) is 9.18 Å². The number of piperidine rings is 1. The van der Waals surface area contributed by atoms with Gasteiger partial charge >= 0.3 is 0 Å². The molecule has 2 aliphatic heterocycles. The molecular weight excluding hydrogens is 387 g/mol. The fourth-order valence-corrected chi connectivity index (χ4v) is 4.78. The van der Waals surface area contributed by atoms with Crippen LogP contribution in [0.15, 0.2) is 18.2 Å². The molecule has 0 unspecified atom stereocenters. The molecule has 1 aromatic heterocycles. The highest BCUT2D eigenvalue weighted by Gasteiger charge is 2.31. The minimum Gasteiger partial charge on any atom is -0.337 e. The van der Waals surface area contributed by atoms with Crippen molar-refractivity contribution in [1.29, 1.82) is 0 Å². The number of nitrogens with one attached hydrogen (secondary N) is 1. The van der Waals surface area contributed by atoms with Crippen LogP contribution in [-0.4, -0.2) is 51.2 Å². The molecule has 144 valence electrons. The van der Waals surface area contributed by atoms with E-state index in [1.54, 1.807) is 18.0 Å². The zero-order valence-electron chi connectivity index (χ0n) is 15.2. The first-order valence-corrected chi connectivity index (χ1v) is 10.7. The average molecular weight is 409 g/mol. The van der Waals surface area contributed by atoms with E-state index in [4.69, 9.17) is 11.6 Å². The summed E-state index contributed by atoms with van der Waals surface area (Å²) in [6.07, 6.45) is 4.49. The lowest BCUT2D eigenvalue weighted by Crippen LogP contribution is -2.39. The lowest BCUT2D eigenvalue weighted by molar-refractivity contribution is 0.0705. The number of carbonyl (C=O) groups is 1. The van der Waals surface area contributed by atoms with Crippen LogP contribution in [0.4, 0.5) is 4.39 Å². The Balaban J connectivity index is 1.45. The molecule has 0 saturated carbocycles. The third-order valence-corrected chi connectivity index (χ3v) is 6.71. The standard InChI is InChI=1S/C19H22ClFN4OS/c1-27-25-9-6-17-15(11-25)18(23-22-17)19(26)24-7-4-12(5-8-24)14-10-13(21)2-3-16(14)20/h2-3,10,12H,4-9,11H2,1H3,(H,22,23). The molecule has 1 saturated heterocycles. The summed E-state index contributed by atoms with van der Waals surface area (Å²) >= 11 is 7.94. The quantitative estimate of drug-likeness (QED) is 0.783. The van der Waals surface area contributed by atoms with Gasteiger partial charge in [-0.15, -0.1) is 0 Å². The Bertz CT molecular complexity index is 850. The summed E-state index contributed by atoms with van der Waals surface area (Å²) in [5.41, 5.74) is 3.49. The molecule has 0 spiro atoms. The van der Waals surface area contributed by atoms with Crippen LogP contribution in [0.3, 0.4) is 0 Å². The van der Waals surface area contributed by atoms with Crippen molar-refractivity contribution in [2.45, 2.75) is 31.7 Å². The number of aromatic amines is 1. The van der Waals surface area contributed by atoms with E-state index in [1.807, 2.05) is 4.90 Å². The van der Waals surface area contributed by atoms with Crippen molar-refractivity contribution >= 4 is 29.5 Å². The Morgan fingerprint density at radius 3 is 2.85 bits per heavy atom. The van der Waals surface area contributed by atoms with Crippen molar-refractivity contribution in [3.63, 3.8) is 0 Å². The average Bonchev–Trinajstić information content (AvgIpc) is 3.12. The number of fused-ring (bicyclic) bond motifs is 1. The zero-order valence-corrected chi connectivity index (χ0v) is 16.7. The maximum absolute atomic E-state index is 13.6. The number of hydrogen-bond donors (Lipinski definition) is 1. The van der Waals surface area contributed by atoms with Crippen molar-refractivity contribution in [2.24, 2.45) is 0 Å². The number of carbonyl (C=O) groups excluding carboxylic acids is 1. The molecule has 0 radical (unpaired) electrons. The third-order valence-electron chi connectivity index (χ3n) is 5.54. The largest absolute Gasteiger partial charge is 0.337 e. The molecule has 4 rings (SSSR count). The number of rotatable bonds is 3. The van der Waals surface area contributed by atoms with Gasteiger partial charge in [-0.05, 0) is 48.8 Å². The lowest BCUT2D eigenvalue weighted by Gasteiger charge is -2.32. The van der Waals surface area contributed by atoms with Gasteiger partial charge in [0.2, 0.25) is 0 Å². The third kappa shape index (κ3) is 3.73. The van der Waals surface area contributed by atoms with E-state index in [1.165, 1.54) is 12.1 Å². The minimum atomic E-state index is -0.269. The van der Waals surface area contributed by atoms with Gasteiger partial charge in [-0.2, -0.15) is 5.10 Å². The van der Waals surface area contributed by atoms with Crippen LogP contribution in [0.1, 0.15) is 46.1 Å². The van der Waals surface area contributed by atoms with E-state index in [0.717, 1.165) is 49.2 Å². The maximum atomic E-state index is 13.6. The molecule has 3 heterocycles. The molecule has 1 amide bonds. The van der Waals surface area contributed by atoms with Gasteiger partial charge in [-0.25, -0.2) is 8.70 Å². The topological polar surface area (TPSA) is 52.2 Å². The summed E-state index contributed by atoms with van der Waals surface area (Å²) < 4.78 is 15.8. The van der Waals surface area contributed by atoms with E-state index < -0.39 is 0 Å². The first-order valence-electron chi connectivity index (χ1n) is 9.16. The van der Waals surface area contributed by atoms with Gasteiger partial charge in [0.15, 0.2) is 5.69 Å². The molecule has 2 aliphatic rings. The molecule has 0 bridgehead atoms. The Kier molecular flexibility index (Phi) is 5.43. The van der Waals surface area contributed by atoms with Crippen LogP contribution < -0.4 is 0 Å². The zero-order chi connectivity index (χ0) is 19.0. The minimum absolute atomic E-state index is 0.0146. The van der Waals surface area contributed by atoms with Crippen LogP contribution >= 0.6 is 23.5 Å². The Hall–Kier alpha value is -1.57. The van der Waals surface area contributed by atoms with Crippen molar-refractivity contribution in [1.82, 2.24) is 19.4 Å². The number of amides is 1. The molecule has 0 atom stereocenters. The molecule has 27 heavy (non-hydrogen) atoms. The predicted octanol–water partition coefficient (Wildman–Crippen LogP) is 3.86. The maximum Gasteiger partial charge on any atom is 0.274 e. The fourth-order valence-electron chi connectivity index (χ4n) is 3.97. The second kappa shape index (κ2) is 7.81. The van der Waals surface area contributed by atoms with Crippen molar-refractivity contribution in [3.05, 3.63) is 51.6 Å². The summed E-state index contributed by atoms with van der Waals surface area (Å²) in [5.74, 6) is -0.106. The molecule has 2 aromatic rings. The van der Waals surface area contributed by atoms with E-state index >= 15 is 0 Å². The molecular formula is C19H22ClFN4OS. The molecule has 5 nitrogen and oxygen atoms in total. The molecule has 1 fully saturated rings. The SMILES string of the molecule is CSN1CCc2[nH]nc(C(=O)N3CCC(c4cc(F)ccc4Cl)CC3)c2C1. The predicted molar refractivity (Wildman–Crippen MR) is 106 cm³/mol. The van der Waals surface area contributed by atoms with Gasteiger partial charge in [-0.1, -0.05) is 23.5 Å². The van der Waals surface area contributed by atoms with Crippen molar-refractivity contribution in [2.75, 3.05) is 25.9 Å². The molecule has 0 aliphatic carbocycles. The monoisotopic (exact) mass is 408 g/mol. The Morgan fingerprint density at radius 1 is 1.33 bits per heavy atom. The summed E-state index contributed by atoms with van der Waals surface area (Å²) in [7, 11) is 0. The number of nitrogens with zero attached hydrogens (tertiary/aromatic N) is 3. The highest BCUT2D eigenvalue weighted by atomic mass is 35.5. The van der Waals surface area contributed by atoms with Gasteiger partial charge in [0, 0.05) is 48.9 Å².